The molecule has 0 amide bonds. The van der Waals surface area contributed by atoms with Crippen LogP contribution < -0.4 is 4.74 Å². The van der Waals surface area contributed by atoms with Gasteiger partial charge in [-0.2, -0.15) is 0 Å². The van der Waals surface area contributed by atoms with Crippen molar-refractivity contribution in [3.8, 4) is 11.5 Å². The van der Waals surface area contributed by atoms with E-state index in [1.165, 1.54) is 31.4 Å². The van der Waals surface area contributed by atoms with Crippen molar-refractivity contribution in [2.24, 2.45) is 0 Å². The van der Waals surface area contributed by atoms with E-state index in [4.69, 9.17) is 4.74 Å². The number of rotatable bonds is 2. The maximum atomic E-state index is 12.3. The van der Waals surface area contributed by atoms with Crippen molar-refractivity contribution >= 4 is 17.8 Å². The Morgan fingerprint density at radius 3 is 2.77 bits per heavy atom. The molecule has 2 aromatic carbocycles. The molecule has 0 spiro atoms. The van der Waals surface area contributed by atoms with Crippen LogP contribution in [0.5, 0.6) is 11.5 Å². The first-order chi connectivity index (χ1) is 10.6. The third kappa shape index (κ3) is 2.44. The van der Waals surface area contributed by atoms with Crippen LogP contribution in [-0.2, 0) is 4.74 Å². The van der Waals surface area contributed by atoms with Gasteiger partial charge in [0.2, 0.25) is 5.78 Å². The largest absolute Gasteiger partial charge is 0.508 e. The Labute approximate surface area is 126 Å². The number of carbonyl (C=O) groups is 2. The lowest BCUT2D eigenvalue weighted by Crippen LogP contribution is -2.02. The van der Waals surface area contributed by atoms with Crippen molar-refractivity contribution in [2.75, 3.05) is 7.11 Å². The number of methoxy groups -OCH3 is 1. The summed E-state index contributed by atoms with van der Waals surface area (Å²) in [7, 11) is 1.28. The molecule has 1 aliphatic heterocycles. The van der Waals surface area contributed by atoms with E-state index in [-0.39, 0.29) is 22.9 Å². The van der Waals surface area contributed by atoms with Gasteiger partial charge in [0.05, 0.1) is 18.2 Å². The summed E-state index contributed by atoms with van der Waals surface area (Å²) in [6.07, 6.45) is 1.54. The molecular weight excluding hydrogens is 284 g/mol. The number of esters is 1. The Hall–Kier alpha value is -3.08. The first-order valence-corrected chi connectivity index (χ1v) is 6.54. The first kappa shape index (κ1) is 13.9. The van der Waals surface area contributed by atoms with Crippen molar-refractivity contribution in [2.45, 2.75) is 0 Å². The Balaban J connectivity index is 1.96. The lowest BCUT2D eigenvalue weighted by atomic mass is 10.1. The van der Waals surface area contributed by atoms with Crippen molar-refractivity contribution in [1.29, 1.82) is 0 Å². The highest BCUT2D eigenvalue weighted by Gasteiger charge is 2.28. The van der Waals surface area contributed by atoms with Crippen molar-refractivity contribution < 1.29 is 24.2 Å². The summed E-state index contributed by atoms with van der Waals surface area (Å²) in [5, 5.41) is 9.44. The van der Waals surface area contributed by atoms with E-state index in [2.05, 4.69) is 4.74 Å². The molecule has 3 rings (SSSR count). The van der Waals surface area contributed by atoms with E-state index in [1.807, 2.05) is 0 Å². The first-order valence-electron chi connectivity index (χ1n) is 6.54. The standard InChI is InChI=1S/C17H12O5/c1-21-17(20)11-5-6-14-13(9-11)16(19)15(22-14)8-10-3-2-4-12(18)7-10/h2-9,18H,1H3/b15-8+. The highest BCUT2D eigenvalue weighted by molar-refractivity contribution is 6.15. The van der Waals surface area contributed by atoms with E-state index in [0.717, 1.165) is 0 Å². The molecule has 0 bridgehead atoms. The number of benzene rings is 2. The number of hydrogen-bond acceptors (Lipinski definition) is 5. The molecule has 1 N–H and O–H groups in total. The van der Waals surface area contributed by atoms with Crippen LogP contribution in [0.4, 0.5) is 0 Å². The number of Topliss-reactive ketones (excluding diaryl/α,β-unsaturated/α-hetero) is 1. The summed E-state index contributed by atoms with van der Waals surface area (Å²) in [5.41, 5.74) is 1.25. The summed E-state index contributed by atoms with van der Waals surface area (Å²) >= 11 is 0. The molecule has 5 nitrogen and oxygen atoms in total. The number of phenolic OH excluding ortho intramolecular Hbond substituents is 1. The van der Waals surface area contributed by atoms with Crippen LogP contribution in [-0.4, -0.2) is 24.0 Å². The van der Waals surface area contributed by atoms with Gasteiger partial charge in [0.25, 0.3) is 0 Å². The van der Waals surface area contributed by atoms with Crippen molar-refractivity contribution in [3.63, 3.8) is 0 Å². The third-order valence-electron chi connectivity index (χ3n) is 3.26. The number of fused-ring (bicyclic) bond motifs is 1. The zero-order valence-corrected chi connectivity index (χ0v) is 11.7. The zero-order valence-electron chi connectivity index (χ0n) is 11.7. The quantitative estimate of drug-likeness (QED) is 0.681. The molecule has 5 heteroatoms. The van der Waals surface area contributed by atoms with Crippen molar-refractivity contribution in [3.05, 3.63) is 64.9 Å². The molecule has 0 atom stereocenters. The van der Waals surface area contributed by atoms with Gasteiger partial charge in [-0.1, -0.05) is 12.1 Å². The molecule has 110 valence electrons. The van der Waals surface area contributed by atoms with Crippen LogP contribution in [0.1, 0.15) is 26.3 Å². The minimum Gasteiger partial charge on any atom is -0.508 e. The van der Waals surface area contributed by atoms with Crippen LogP contribution in [0.15, 0.2) is 48.2 Å². The Morgan fingerprint density at radius 2 is 2.05 bits per heavy atom. The number of aromatic hydroxyl groups is 1. The molecule has 0 radical (unpaired) electrons. The fourth-order valence-corrected chi connectivity index (χ4v) is 2.20. The van der Waals surface area contributed by atoms with Crippen LogP contribution in [0.3, 0.4) is 0 Å². The second-order valence-corrected chi connectivity index (χ2v) is 4.74. The molecule has 0 fully saturated rings. The van der Waals surface area contributed by atoms with Gasteiger partial charge in [-0.05, 0) is 42.0 Å². The second kappa shape index (κ2) is 5.37. The summed E-state index contributed by atoms with van der Waals surface area (Å²) in [6.45, 7) is 0. The van der Waals surface area contributed by atoms with E-state index in [9.17, 15) is 14.7 Å². The minimum absolute atomic E-state index is 0.102. The van der Waals surface area contributed by atoms with Crippen LogP contribution in [0.25, 0.3) is 6.08 Å². The number of phenols is 1. The highest BCUT2D eigenvalue weighted by atomic mass is 16.5. The molecule has 1 aliphatic rings. The predicted octanol–water partition coefficient (Wildman–Crippen LogP) is 2.80. The van der Waals surface area contributed by atoms with Gasteiger partial charge in [0, 0.05) is 0 Å². The van der Waals surface area contributed by atoms with Gasteiger partial charge in [0.15, 0.2) is 5.76 Å². The van der Waals surface area contributed by atoms with E-state index in [1.54, 1.807) is 24.3 Å². The average molecular weight is 296 g/mol. The lowest BCUT2D eigenvalue weighted by molar-refractivity contribution is 0.0600. The Kier molecular flexibility index (Phi) is 3.39. The van der Waals surface area contributed by atoms with E-state index >= 15 is 0 Å². The smallest absolute Gasteiger partial charge is 0.337 e. The number of allylic oxidation sites excluding steroid dienone is 1. The van der Waals surface area contributed by atoms with Gasteiger partial charge in [-0.25, -0.2) is 4.79 Å². The number of hydrogen-bond donors (Lipinski definition) is 1. The molecule has 0 aromatic heterocycles. The fraction of sp³-hybridized carbons (Fsp3) is 0.0588. The molecule has 0 aliphatic carbocycles. The average Bonchev–Trinajstić information content (AvgIpc) is 2.82. The van der Waals surface area contributed by atoms with Gasteiger partial charge in [0.1, 0.15) is 11.5 Å². The van der Waals surface area contributed by atoms with E-state index in [0.29, 0.717) is 16.9 Å². The molecule has 0 unspecified atom stereocenters. The van der Waals surface area contributed by atoms with Gasteiger partial charge < -0.3 is 14.6 Å². The summed E-state index contributed by atoms with van der Waals surface area (Å²) < 4.78 is 10.1. The number of ketones is 1. The molecule has 0 saturated carbocycles. The highest BCUT2D eigenvalue weighted by Crippen LogP contribution is 2.33. The van der Waals surface area contributed by atoms with Gasteiger partial charge >= 0.3 is 5.97 Å². The Morgan fingerprint density at radius 1 is 1.23 bits per heavy atom. The van der Waals surface area contributed by atoms with Crippen LogP contribution in [0, 0.1) is 0 Å². The SMILES string of the molecule is COC(=O)c1ccc2c(c1)C(=O)/C(=C\c1cccc(O)c1)O2. The zero-order chi connectivity index (χ0) is 15.7. The maximum absolute atomic E-state index is 12.3. The normalized spacial score (nSPS) is 14.6. The number of carbonyl (C=O) groups excluding carboxylic acids is 2. The van der Waals surface area contributed by atoms with Gasteiger partial charge in [-0.15, -0.1) is 0 Å². The van der Waals surface area contributed by atoms with Gasteiger partial charge in [-0.3, -0.25) is 4.79 Å². The lowest BCUT2D eigenvalue weighted by Gasteiger charge is -2.00. The Bertz CT molecular complexity index is 804. The predicted molar refractivity (Wildman–Crippen MR) is 78.8 cm³/mol. The number of ether oxygens (including phenoxy) is 2. The summed E-state index contributed by atoms with van der Waals surface area (Å²) in [5.74, 6) is -0.193. The summed E-state index contributed by atoms with van der Waals surface area (Å²) in [6, 6.07) is 11.0. The summed E-state index contributed by atoms with van der Waals surface area (Å²) in [4.78, 5) is 23.9. The molecule has 1 heterocycles. The fourth-order valence-electron chi connectivity index (χ4n) is 2.20. The topological polar surface area (TPSA) is 72.8 Å². The molecule has 22 heavy (non-hydrogen) atoms. The van der Waals surface area contributed by atoms with Crippen LogP contribution >= 0.6 is 0 Å². The molecular formula is C17H12O5. The maximum Gasteiger partial charge on any atom is 0.337 e. The van der Waals surface area contributed by atoms with Crippen LogP contribution in [0.2, 0.25) is 0 Å². The second-order valence-electron chi connectivity index (χ2n) is 4.74. The minimum atomic E-state index is -0.513. The molecule has 0 saturated heterocycles. The third-order valence-corrected chi connectivity index (χ3v) is 3.26. The molecule has 2 aromatic rings. The van der Waals surface area contributed by atoms with E-state index < -0.39 is 5.97 Å². The monoisotopic (exact) mass is 296 g/mol. The van der Waals surface area contributed by atoms with Crippen molar-refractivity contribution in [1.82, 2.24) is 0 Å².